The molecule has 1 saturated heterocycles. The quantitative estimate of drug-likeness (QED) is 0.692. The molecule has 0 amide bonds. The van der Waals surface area contributed by atoms with Gasteiger partial charge in [-0.2, -0.15) is 9.29 Å². The molecular formula is C17H19F3N4O4S. The summed E-state index contributed by atoms with van der Waals surface area (Å²) in [6.07, 6.45) is -2.19. The number of para-hydroxylation sites is 1. The second-order valence-corrected chi connectivity index (χ2v) is 8.40. The summed E-state index contributed by atoms with van der Waals surface area (Å²) < 4.78 is 74.2. The molecule has 1 aromatic heterocycles. The van der Waals surface area contributed by atoms with Crippen LogP contribution in [0.3, 0.4) is 0 Å². The summed E-state index contributed by atoms with van der Waals surface area (Å²) in [6.45, 7) is 0.0602. The number of hydrogen-bond donors (Lipinski definition) is 0. The Morgan fingerprint density at radius 2 is 1.93 bits per heavy atom. The number of nitrogens with zero attached hydrogens (tertiary/aromatic N) is 4. The zero-order chi connectivity index (χ0) is 21.2. The van der Waals surface area contributed by atoms with Crippen molar-refractivity contribution in [3.8, 4) is 11.6 Å². The van der Waals surface area contributed by atoms with E-state index in [1.807, 2.05) is 0 Å². The zero-order valence-corrected chi connectivity index (χ0v) is 16.4. The van der Waals surface area contributed by atoms with Gasteiger partial charge in [-0.1, -0.05) is 12.1 Å². The van der Waals surface area contributed by atoms with Gasteiger partial charge < -0.3 is 14.4 Å². The van der Waals surface area contributed by atoms with Gasteiger partial charge >= 0.3 is 6.36 Å². The van der Waals surface area contributed by atoms with Crippen LogP contribution >= 0.6 is 0 Å². The zero-order valence-electron chi connectivity index (χ0n) is 15.6. The summed E-state index contributed by atoms with van der Waals surface area (Å²) >= 11 is 0. The SMILES string of the molecule is CN(C)c1cncc(OC2CCN(S(=O)(=O)c3ccccc3OC(F)(F)F)C2)n1. The van der Waals surface area contributed by atoms with Crippen LogP contribution in [0.5, 0.6) is 11.6 Å². The van der Waals surface area contributed by atoms with Gasteiger partial charge in [0.25, 0.3) is 0 Å². The number of halogens is 3. The van der Waals surface area contributed by atoms with Crippen molar-refractivity contribution in [2.75, 3.05) is 32.1 Å². The predicted molar refractivity (Wildman–Crippen MR) is 97.3 cm³/mol. The van der Waals surface area contributed by atoms with E-state index >= 15 is 0 Å². The third-order valence-corrected chi connectivity index (χ3v) is 6.05. The Kier molecular flexibility index (Phi) is 5.85. The maximum Gasteiger partial charge on any atom is 0.573 e. The molecule has 158 valence electrons. The molecular weight excluding hydrogens is 413 g/mol. The van der Waals surface area contributed by atoms with Crippen LogP contribution in [0.2, 0.25) is 0 Å². The molecule has 0 bridgehead atoms. The third-order valence-electron chi connectivity index (χ3n) is 4.15. The summed E-state index contributed by atoms with van der Waals surface area (Å²) in [7, 11) is -0.625. The summed E-state index contributed by atoms with van der Waals surface area (Å²) in [5.41, 5.74) is 0. The maximum atomic E-state index is 12.9. The standard InChI is InChI=1S/C17H19F3N4O4S/c1-23(2)15-9-21-10-16(22-15)27-12-7-8-24(11-12)29(25,26)14-6-4-3-5-13(14)28-17(18,19)20/h3-6,9-10,12H,7-8,11H2,1-2H3. The van der Waals surface area contributed by atoms with Crippen molar-refractivity contribution in [1.29, 1.82) is 0 Å². The number of alkyl halides is 3. The van der Waals surface area contributed by atoms with Crippen LogP contribution in [-0.4, -0.2) is 62.3 Å². The first kappa shape index (κ1) is 21.1. The highest BCUT2D eigenvalue weighted by molar-refractivity contribution is 7.89. The van der Waals surface area contributed by atoms with Crippen molar-refractivity contribution >= 4 is 15.8 Å². The topological polar surface area (TPSA) is 84.9 Å². The Morgan fingerprint density at radius 1 is 1.21 bits per heavy atom. The molecule has 2 heterocycles. The molecule has 1 aromatic carbocycles. The molecule has 0 saturated carbocycles. The van der Waals surface area contributed by atoms with Crippen LogP contribution in [0.4, 0.5) is 19.0 Å². The van der Waals surface area contributed by atoms with E-state index in [1.165, 1.54) is 18.3 Å². The number of sulfonamides is 1. The van der Waals surface area contributed by atoms with Crippen LogP contribution < -0.4 is 14.4 Å². The average Bonchev–Trinajstić information content (AvgIpc) is 3.10. The monoisotopic (exact) mass is 432 g/mol. The molecule has 2 aromatic rings. The van der Waals surface area contributed by atoms with Crippen LogP contribution in [0.1, 0.15) is 6.42 Å². The largest absolute Gasteiger partial charge is 0.573 e. The van der Waals surface area contributed by atoms with Crippen molar-refractivity contribution < 1.29 is 31.1 Å². The fourth-order valence-electron chi connectivity index (χ4n) is 2.80. The average molecular weight is 432 g/mol. The molecule has 0 N–H and O–H groups in total. The van der Waals surface area contributed by atoms with E-state index < -0.39 is 33.1 Å². The van der Waals surface area contributed by atoms with Crippen LogP contribution in [0, 0.1) is 0 Å². The number of benzene rings is 1. The molecule has 1 aliphatic rings. The Morgan fingerprint density at radius 3 is 2.62 bits per heavy atom. The predicted octanol–water partition coefficient (Wildman–Crippen LogP) is 2.28. The highest BCUT2D eigenvalue weighted by atomic mass is 32.2. The first-order valence-corrected chi connectivity index (χ1v) is 10.0. The molecule has 1 atom stereocenters. The first-order chi connectivity index (χ1) is 13.6. The minimum absolute atomic E-state index is 0.0312. The molecule has 1 unspecified atom stereocenters. The van der Waals surface area contributed by atoms with Crippen molar-refractivity contribution in [3.05, 3.63) is 36.7 Å². The van der Waals surface area contributed by atoms with Gasteiger partial charge in [0.05, 0.1) is 18.9 Å². The van der Waals surface area contributed by atoms with E-state index in [2.05, 4.69) is 14.7 Å². The Labute approximate surface area is 165 Å². The number of anilines is 1. The van der Waals surface area contributed by atoms with Crippen LogP contribution in [0.25, 0.3) is 0 Å². The van der Waals surface area contributed by atoms with Crippen molar-refractivity contribution in [2.45, 2.75) is 23.8 Å². The fraction of sp³-hybridized carbons (Fsp3) is 0.412. The lowest BCUT2D eigenvalue weighted by Crippen LogP contribution is -2.32. The highest BCUT2D eigenvalue weighted by Crippen LogP contribution is 2.33. The lowest BCUT2D eigenvalue weighted by Gasteiger charge is -2.19. The van der Waals surface area contributed by atoms with E-state index in [1.54, 1.807) is 25.2 Å². The number of hydrogen-bond acceptors (Lipinski definition) is 7. The van der Waals surface area contributed by atoms with Gasteiger partial charge in [0.1, 0.15) is 16.7 Å². The summed E-state index contributed by atoms with van der Waals surface area (Å²) in [5, 5.41) is 0. The van der Waals surface area contributed by atoms with E-state index in [0.717, 1.165) is 16.4 Å². The van der Waals surface area contributed by atoms with Gasteiger partial charge in [-0.15, -0.1) is 13.2 Å². The fourth-order valence-corrected chi connectivity index (χ4v) is 4.41. The van der Waals surface area contributed by atoms with Gasteiger partial charge in [-0.3, -0.25) is 4.98 Å². The van der Waals surface area contributed by atoms with E-state index in [9.17, 15) is 21.6 Å². The van der Waals surface area contributed by atoms with Crippen molar-refractivity contribution in [1.82, 2.24) is 14.3 Å². The summed E-state index contributed by atoms with van der Waals surface area (Å²) in [5.74, 6) is 0.0402. The van der Waals surface area contributed by atoms with Crippen molar-refractivity contribution in [2.24, 2.45) is 0 Å². The minimum atomic E-state index is -5.00. The number of ether oxygens (including phenoxy) is 2. The van der Waals surface area contributed by atoms with Crippen LogP contribution in [-0.2, 0) is 10.0 Å². The Bertz CT molecular complexity index is 969. The summed E-state index contributed by atoms with van der Waals surface area (Å²) in [4.78, 5) is 9.48. The normalized spacial score (nSPS) is 17.9. The second kappa shape index (κ2) is 8.03. The van der Waals surface area contributed by atoms with Crippen LogP contribution in [0.15, 0.2) is 41.6 Å². The maximum absolute atomic E-state index is 12.9. The Balaban J connectivity index is 1.75. The third kappa shape index (κ3) is 5.07. The highest BCUT2D eigenvalue weighted by Gasteiger charge is 2.38. The lowest BCUT2D eigenvalue weighted by molar-refractivity contribution is -0.275. The first-order valence-electron chi connectivity index (χ1n) is 8.57. The van der Waals surface area contributed by atoms with Gasteiger partial charge in [0.2, 0.25) is 15.9 Å². The summed E-state index contributed by atoms with van der Waals surface area (Å²) in [6, 6.07) is 4.65. The van der Waals surface area contributed by atoms with Crippen molar-refractivity contribution in [3.63, 3.8) is 0 Å². The molecule has 0 spiro atoms. The van der Waals surface area contributed by atoms with E-state index in [0.29, 0.717) is 12.2 Å². The van der Waals surface area contributed by atoms with Gasteiger partial charge in [-0.05, 0) is 18.6 Å². The molecule has 1 aliphatic heterocycles. The smallest absolute Gasteiger partial charge is 0.472 e. The second-order valence-electron chi connectivity index (χ2n) is 6.50. The Hall–Kier alpha value is -2.60. The molecule has 1 fully saturated rings. The molecule has 3 rings (SSSR count). The molecule has 0 aliphatic carbocycles. The number of rotatable bonds is 6. The van der Waals surface area contributed by atoms with E-state index in [-0.39, 0.29) is 19.0 Å². The van der Waals surface area contributed by atoms with Gasteiger partial charge in [0, 0.05) is 20.6 Å². The lowest BCUT2D eigenvalue weighted by atomic mass is 10.3. The van der Waals surface area contributed by atoms with Gasteiger partial charge in [-0.25, -0.2) is 8.42 Å². The molecule has 12 heteroatoms. The number of aromatic nitrogens is 2. The molecule has 29 heavy (non-hydrogen) atoms. The molecule has 8 nitrogen and oxygen atoms in total. The molecule has 0 radical (unpaired) electrons. The minimum Gasteiger partial charge on any atom is -0.472 e. The van der Waals surface area contributed by atoms with Gasteiger partial charge in [0.15, 0.2) is 5.82 Å². The van der Waals surface area contributed by atoms with E-state index in [4.69, 9.17) is 4.74 Å².